The number of likely N-dealkylation sites (N-methyl/N-ethyl adjacent to an activating group) is 1. The van der Waals surface area contributed by atoms with E-state index in [0.29, 0.717) is 93.3 Å². The molecule has 0 bridgehead atoms. The van der Waals surface area contributed by atoms with E-state index in [9.17, 15) is 28.0 Å². The SMILES string of the molecule is CN(Cc1c(C#CCCOCCCOCCCC(=O)Nc2ccc3c(-c4cccc(C(N)=S)c4)cn(C4CCC(F)(F)CC4)c3c2)cccc1C=O)C1CCC(=O)NC1=O. The minimum absolute atomic E-state index is 0.0947. The number of thiocarbonyl (C=S) groups is 1. The number of halogens is 2. The average Bonchev–Trinajstić information content (AvgIpc) is 3.60. The molecule has 1 aromatic heterocycles. The van der Waals surface area contributed by atoms with Gasteiger partial charge in [0.15, 0.2) is 0 Å². The number of hydrogen-bond acceptors (Lipinski definition) is 8. The maximum absolute atomic E-state index is 14.1. The van der Waals surface area contributed by atoms with E-state index in [1.807, 2.05) is 59.6 Å². The number of nitrogens with one attached hydrogen (secondary N) is 2. The molecule has 4 N–H and O–H groups in total. The van der Waals surface area contributed by atoms with Crippen LogP contribution in [0.25, 0.3) is 22.0 Å². The number of hydrogen-bond donors (Lipinski definition) is 3. The summed E-state index contributed by atoms with van der Waals surface area (Å²) < 4.78 is 41.7. The van der Waals surface area contributed by atoms with Gasteiger partial charge in [0.05, 0.1) is 18.2 Å². The summed E-state index contributed by atoms with van der Waals surface area (Å²) in [5, 5.41) is 6.31. The molecule has 14 heteroatoms. The van der Waals surface area contributed by atoms with E-state index in [4.69, 9.17) is 27.4 Å². The van der Waals surface area contributed by atoms with Crippen LogP contribution >= 0.6 is 12.2 Å². The predicted octanol–water partition coefficient (Wildman–Crippen LogP) is 7.33. The van der Waals surface area contributed by atoms with Gasteiger partial charge >= 0.3 is 0 Å². The van der Waals surface area contributed by atoms with Crippen molar-refractivity contribution in [3.05, 3.63) is 89.1 Å². The molecule has 1 unspecified atom stereocenters. The molecule has 3 amide bonds. The Morgan fingerprint density at radius 1 is 1.03 bits per heavy atom. The number of fused-ring (bicyclic) bond motifs is 1. The molecule has 2 heterocycles. The average molecular weight is 840 g/mol. The van der Waals surface area contributed by atoms with Gasteiger partial charge in [-0.15, -0.1) is 0 Å². The number of rotatable bonds is 18. The lowest BCUT2D eigenvalue weighted by Crippen LogP contribution is -2.51. The fourth-order valence-electron chi connectivity index (χ4n) is 7.78. The summed E-state index contributed by atoms with van der Waals surface area (Å²) in [4.78, 5) is 50.8. The molecule has 2 fully saturated rings. The van der Waals surface area contributed by atoms with E-state index in [0.717, 1.165) is 39.4 Å². The van der Waals surface area contributed by atoms with Crippen molar-refractivity contribution in [3.63, 3.8) is 0 Å². The van der Waals surface area contributed by atoms with Crippen molar-refractivity contribution >= 4 is 57.8 Å². The lowest BCUT2D eigenvalue weighted by Gasteiger charge is -2.30. The van der Waals surface area contributed by atoms with Crippen LogP contribution in [0.4, 0.5) is 14.5 Å². The molecule has 4 aromatic rings. The maximum atomic E-state index is 14.1. The number of aldehydes is 1. The van der Waals surface area contributed by atoms with Crippen LogP contribution in [0.1, 0.15) is 97.3 Å². The summed E-state index contributed by atoms with van der Waals surface area (Å²) in [5.74, 6) is 2.85. The van der Waals surface area contributed by atoms with Crippen molar-refractivity contribution in [1.29, 1.82) is 0 Å². The molecule has 1 saturated carbocycles. The fraction of sp³-hybridized carbons (Fsp3) is 0.413. The monoisotopic (exact) mass is 839 g/mol. The summed E-state index contributed by atoms with van der Waals surface area (Å²) in [6.07, 6.45) is 5.86. The molecule has 3 aromatic carbocycles. The van der Waals surface area contributed by atoms with Crippen molar-refractivity contribution < 1.29 is 37.4 Å². The number of amides is 3. The van der Waals surface area contributed by atoms with Gasteiger partial charge in [-0.3, -0.25) is 29.4 Å². The highest BCUT2D eigenvalue weighted by Crippen LogP contribution is 2.42. The molecule has 6 rings (SSSR count). The van der Waals surface area contributed by atoms with Crippen LogP contribution < -0.4 is 16.4 Å². The second-order valence-corrected chi connectivity index (χ2v) is 15.8. The number of alkyl halides is 2. The van der Waals surface area contributed by atoms with Crippen LogP contribution in [0.15, 0.2) is 66.9 Å². The first-order valence-electron chi connectivity index (χ1n) is 20.4. The third kappa shape index (κ3) is 11.7. The highest BCUT2D eigenvalue weighted by Gasteiger charge is 2.36. The van der Waals surface area contributed by atoms with Gasteiger partial charge in [0.25, 0.3) is 0 Å². The Balaban J connectivity index is 0.919. The highest BCUT2D eigenvalue weighted by atomic mass is 32.1. The molecular weight excluding hydrogens is 789 g/mol. The number of carbonyl (C=O) groups excluding carboxylic acids is 4. The number of benzene rings is 3. The van der Waals surface area contributed by atoms with E-state index < -0.39 is 12.0 Å². The van der Waals surface area contributed by atoms with Gasteiger partial charge in [-0.05, 0) is 74.5 Å². The molecule has 1 saturated heterocycles. The maximum Gasteiger partial charge on any atom is 0.248 e. The molecular formula is C46H51F2N5O6S. The van der Waals surface area contributed by atoms with Crippen LogP contribution in [0.3, 0.4) is 0 Å². The molecule has 1 aliphatic carbocycles. The smallest absolute Gasteiger partial charge is 0.248 e. The first-order chi connectivity index (χ1) is 28.9. The quantitative estimate of drug-likeness (QED) is 0.0309. The zero-order valence-electron chi connectivity index (χ0n) is 33.8. The van der Waals surface area contributed by atoms with Gasteiger partial charge in [0.2, 0.25) is 23.6 Å². The van der Waals surface area contributed by atoms with Gasteiger partial charge in [0, 0.05) is 104 Å². The van der Waals surface area contributed by atoms with Crippen molar-refractivity contribution in [1.82, 2.24) is 14.8 Å². The second-order valence-electron chi connectivity index (χ2n) is 15.4. The fourth-order valence-corrected chi connectivity index (χ4v) is 7.91. The zero-order valence-corrected chi connectivity index (χ0v) is 34.6. The normalized spacial score (nSPS) is 16.6. The third-order valence-electron chi connectivity index (χ3n) is 11.0. The van der Waals surface area contributed by atoms with Gasteiger partial charge in [0.1, 0.15) is 11.3 Å². The van der Waals surface area contributed by atoms with Crippen molar-refractivity contribution in [2.45, 2.75) is 88.8 Å². The lowest BCUT2D eigenvalue weighted by atomic mass is 9.92. The summed E-state index contributed by atoms with van der Waals surface area (Å²) in [5.41, 5.74) is 11.9. The highest BCUT2D eigenvalue weighted by molar-refractivity contribution is 7.80. The Morgan fingerprint density at radius 3 is 2.53 bits per heavy atom. The van der Waals surface area contributed by atoms with Gasteiger partial charge in [-0.2, -0.15) is 0 Å². The summed E-state index contributed by atoms with van der Waals surface area (Å²) in [6, 6.07) is 18.2. The van der Waals surface area contributed by atoms with Crippen LogP contribution in [-0.2, 0) is 30.4 Å². The third-order valence-corrected chi connectivity index (χ3v) is 11.2. The van der Waals surface area contributed by atoms with Crippen molar-refractivity contribution in [3.8, 4) is 23.0 Å². The number of anilines is 1. The second kappa shape index (κ2) is 20.8. The topological polar surface area (TPSA) is 145 Å². The van der Waals surface area contributed by atoms with Crippen LogP contribution in [0.5, 0.6) is 0 Å². The molecule has 11 nitrogen and oxygen atoms in total. The van der Waals surface area contributed by atoms with E-state index in [1.54, 1.807) is 19.2 Å². The van der Waals surface area contributed by atoms with Gasteiger partial charge in [-0.25, -0.2) is 8.78 Å². The lowest BCUT2D eigenvalue weighted by molar-refractivity contribution is -0.137. The molecule has 2 aliphatic rings. The number of nitrogens with two attached hydrogens (primary N) is 1. The number of carbonyl (C=O) groups is 4. The van der Waals surface area contributed by atoms with Gasteiger partial charge < -0.3 is 25.1 Å². The Bertz CT molecular complexity index is 2270. The predicted molar refractivity (Wildman–Crippen MR) is 231 cm³/mol. The van der Waals surface area contributed by atoms with E-state index in [-0.39, 0.29) is 49.4 Å². The van der Waals surface area contributed by atoms with E-state index in [2.05, 4.69) is 27.0 Å². The molecule has 0 radical (unpaired) electrons. The van der Waals surface area contributed by atoms with Crippen molar-refractivity contribution in [2.24, 2.45) is 5.73 Å². The van der Waals surface area contributed by atoms with E-state index >= 15 is 0 Å². The van der Waals surface area contributed by atoms with Crippen LogP contribution in [0.2, 0.25) is 0 Å². The molecule has 316 valence electrons. The first kappa shape index (κ1) is 44.2. The minimum Gasteiger partial charge on any atom is -0.389 e. The molecule has 60 heavy (non-hydrogen) atoms. The Kier molecular flexibility index (Phi) is 15.3. The Labute approximate surface area is 354 Å². The minimum atomic E-state index is -2.65. The molecule has 0 spiro atoms. The standard InChI is InChI=1S/C46H51F2N5O6S/c1-52(40-16-17-43(56)51-45(40)57)28-38-31(9-4-12-34(38)30-54)8-2-3-22-58-24-7-25-59-23-6-13-42(55)50-35-14-15-37-39(32-10-5-11-33(26-32)44(49)60)29-53(41(37)27-35)36-18-20-46(47,48)21-19-36/h4-5,9-12,14-15,26-27,29-30,36,40H,3,6-7,13,16-25,28H2,1H3,(H2,49,60)(H,50,55)(H,51,56,57). The largest absolute Gasteiger partial charge is 0.389 e. The van der Waals surface area contributed by atoms with Crippen molar-refractivity contribution in [2.75, 3.05) is 38.8 Å². The van der Waals surface area contributed by atoms with Gasteiger partial charge in [-0.1, -0.05) is 60.5 Å². The number of nitrogens with zero attached hydrogens (tertiary/aromatic N) is 2. The number of piperidine rings is 1. The Morgan fingerprint density at radius 2 is 1.78 bits per heavy atom. The van der Waals surface area contributed by atoms with Crippen LogP contribution in [0, 0.1) is 11.8 Å². The number of ether oxygens (including phenoxy) is 2. The molecule has 1 atom stereocenters. The summed E-state index contributed by atoms with van der Waals surface area (Å²) >= 11 is 5.20. The first-order valence-corrected chi connectivity index (χ1v) is 20.8. The Hall–Kier alpha value is -5.33. The number of imide groups is 1. The van der Waals surface area contributed by atoms with Crippen LogP contribution in [-0.4, -0.2) is 83.9 Å². The zero-order chi connectivity index (χ0) is 42.6. The summed E-state index contributed by atoms with van der Waals surface area (Å²) in [6.45, 7) is 2.15. The summed E-state index contributed by atoms with van der Waals surface area (Å²) in [7, 11) is 1.79. The van der Waals surface area contributed by atoms with E-state index in [1.165, 1.54) is 0 Å². The molecule has 1 aliphatic heterocycles. The number of aromatic nitrogens is 1.